The molecular formula is C26H24ClFN6O3. The van der Waals surface area contributed by atoms with Crippen molar-refractivity contribution in [3.63, 3.8) is 0 Å². The van der Waals surface area contributed by atoms with E-state index in [1.807, 2.05) is 43.2 Å². The number of benzene rings is 2. The van der Waals surface area contributed by atoms with Gasteiger partial charge in [-0.3, -0.25) is 9.80 Å². The van der Waals surface area contributed by atoms with Crippen molar-refractivity contribution in [2.75, 3.05) is 7.05 Å². The van der Waals surface area contributed by atoms with E-state index in [2.05, 4.69) is 20.7 Å². The van der Waals surface area contributed by atoms with E-state index in [0.717, 1.165) is 23.0 Å². The lowest BCUT2D eigenvalue weighted by atomic mass is 10.0. The van der Waals surface area contributed by atoms with Crippen LogP contribution in [0, 0.1) is 12.7 Å². The van der Waals surface area contributed by atoms with Crippen LogP contribution < -0.4 is 15.4 Å². The van der Waals surface area contributed by atoms with Gasteiger partial charge in [0.15, 0.2) is 12.1 Å². The maximum Gasteiger partial charge on any atom is 0.273 e. The summed E-state index contributed by atoms with van der Waals surface area (Å²) < 4.78 is 25.4. The van der Waals surface area contributed by atoms with Gasteiger partial charge in [0.2, 0.25) is 0 Å². The summed E-state index contributed by atoms with van der Waals surface area (Å²) in [7, 11) is 1.89. The Morgan fingerprint density at radius 1 is 1.35 bits per heavy atom. The SMILES string of the molecule is Cc1cc(C2NC=NN2C)c2cccc(OCc3c(Cl)cc(F)cc3[C@H](C)NC(=O)c3cocn3)c2n1. The van der Waals surface area contributed by atoms with Crippen LogP contribution in [0.4, 0.5) is 4.39 Å². The third-order valence-electron chi connectivity index (χ3n) is 6.15. The first-order chi connectivity index (χ1) is 17.8. The number of ether oxygens (including phenoxy) is 1. The number of para-hydroxylation sites is 1. The summed E-state index contributed by atoms with van der Waals surface area (Å²) in [6.07, 6.45) is 3.93. The molecule has 2 aromatic heterocycles. The average molecular weight is 523 g/mol. The molecule has 190 valence electrons. The van der Waals surface area contributed by atoms with Crippen molar-refractivity contribution in [2.45, 2.75) is 32.7 Å². The molecule has 9 nitrogen and oxygen atoms in total. The zero-order valence-electron chi connectivity index (χ0n) is 20.3. The number of carbonyl (C=O) groups excluding carboxylic acids is 1. The molecule has 5 rings (SSSR count). The summed E-state index contributed by atoms with van der Waals surface area (Å²) in [5.74, 6) is -0.423. The number of nitrogens with one attached hydrogen (secondary N) is 2. The number of carbonyl (C=O) groups is 1. The standard InChI is InChI=1S/C26H24ClFN6O3/c1-14-7-19(25-29-12-31-34(25)3)17-5-4-6-23(24(17)32-14)37-10-20-18(8-16(28)9-21(20)27)15(2)33-26(35)22-11-36-13-30-22/h4-9,11-13,15,25H,10H2,1-3H3,(H,29,31)(H,33,35)/t15-,25?/m0/s1. The van der Waals surface area contributed by atoms with E-state index in [1.165, 1.54) is 18.4 Å². The number of pyridine rings is 1. The Bertz CT molecular complexity index is 1490. The van der Waals surface area contributed by atoms with E-state index >= 15 is 0 Å². The Labute approximate surface area is 217 Å². The van der Waals surface area contributed by atoms with Crippen LogP contribution in [0.25, 0.3) is 10.9 Å². The number of aryl methyl sites for hydroxylation is 1. The third kappa shape index (κ3) is 4.92. The summed E-state index contributed by atoms with van der Waals surface area (Å²) >= 11 is 6.45. The van der Waals surface area contributed by atoms with Gasteiger partial charge in [-0.1, -0.05) is 23.7 Å². The van der Waals surface area contributed by atoms with Gasteiger partial charge >= 0.3 is 0 Å². The normalized spacial score (nSPS) is 15.6. The molecule has 1 unspecified atom stereocenters. The van der Waals surface area contributed by atoms with Crippen LogP contribution in [0.3, 0.4) is 0 Å². The van der Waals surface area contributed by atoms with Crippen LogP contribution in [0.5, 0.6) is 5.75 Å². The zero-order valence-corrected chi connectivity index (χ0v) is 21.1. The van der Waals surface area contributed by atoms with Crippen LogP contribution in [0.1, 0.15) is 52.0 Å². The topological polar surface area (TPSA) is 105 Å². The molecule has 3 heterocycles. The van der Waals surface area contributed by atoms with Crippen molar-refractivity contribution >= 4 is 34.7 Å². The highest BCUT2D eigenvalue weighted by Gasteiger charge is 2.23. The summed E-state index contributed by atoms with van der Waals surface area (Å²) in [6, 6.07) is 9.69. The average Bonchev–Trinajstić information content (AvgIpc) is 3.55. The van der Waals surface area contributed by atoms with Crippen LogP contribution >= 0.6 is 11.6 Å². The number of hydrogen-bond acceptors (Lipinski definition) is 8. The van der Waals surface area contributed by atoms with Crippen molar-refractivity contribution in [2.24, 2.45) is 5.10 Å². The Hall–Kier alpha value is -4.18. The molecule has 2 N–H and O–H groups in total. The number of aromatic nitrogens is 2. The van der Waals surface area contributed by atoms with Crippen molar-refractivity contribution in [1.82, 2.24) is 25.6 Å². The Morgan fingerprint density at radius 3 is 2.92 bits per heavy atom. The molecule has 0 bridgehead atoms. The number of fused-ring (bicyclic) bond motifs is 1. The predicted molar refractivity (Wildman–Crippen MR) is 137 cm³/mol. The first-order valence-electron chi connectivity index (χ1n) is 11.5. The molecule has 2 aromatic carbocycles. The van der Waals surface area contributed by atoms with Crippen molar-refractivity contribution in [3.05, 3.63) is 88.0 Å². The fourth-order valence-electron chi connectivity index (χ4n) is 4.37. The maximum atomic E-state index is 14.3. The monoisotopic (exact) mass is 522 g/mol. The van der Waals surface area contributed by atoms with Gasteiger partial charge in [0, 0.05) is 29.3 Å². The van der Waals surface area contributed by atoms with Crippen molar-refractivity contribution < 1.29 is 18.3 Å². The highest BCUT2D eigenvalue weighted by molar-refractivity contribution is 6.31. The molecule has 1 aliphatic rings. The van der Waals surface area contributed by atoms with Crippen LogP contribution in [-0.2, 0) is 6.61 Å². The molecule has 4 aromatic rings. The minimum absolute atomic E-state index is 0.0351. The molecule has 0 saturated carbocycles. The molecule has 0 aliphatic carbocycles. The minimum atomic E-state index is -0.584. The second kappa shape index (κ2) is 10.1. The van der Waals surface area contributed by atoms with Crippen LogP contribution in [-0.4, -0.2) is 34.3 Å². The van der Waals surface area contributed by atoms with E-state index in [0.29, 0.717) is 22.4 Å². The number of amides is 1. The second-order valence-corrected chi connectivity index (χ2v) is 9.11. The third-order valence-corrected chi connectivity index (χ3v) is 6.49. The predicted octanol–water partition coefficient (Wildman–Crippen LogP) is 4.87. The maximum absolute atomic E-state index is 14.3. The van der Waals surface area contributed by atoms with Gasteiger partial charge in [-0.2, -0.15) is 5.10 Å². The number of hydrazone groups is 1. The van der Waals surface area contributed by atoms with Gasteiger partial charge in [0.1, 0.15) is 42.5 Å². The number of hydrogen-bond donors (Lipinski definition) is 2. The Balaban J connectivity index is 1.45. The lowest BCUT2D eigenvalue weighted by molar-refractivity contribution is 0.0934. The van der Waals surface area contributed by atoms with E-state index in [9.17, 15) is 9.18 Å². The van der Waals surface area contributed by atoms with Gasteiger partial charge in [-0.15, -0.1) is 0 Å². The van der Waals surface area contributed by atoms with E-state index < -0.39 is 17.8 Å². The molecular weight excluding hydrogens is 499 g/mol. The largest absolute Gasteiger partial charge is 0.487 e. The lowest BCUT2D eigenvalue weighted by Crippen LogP contribution is -2.28. The first-order valence-corrected chi connectivity index (χ1v) is 11.9. The quantitative estimate of drug-likeness (QED) is 0.357. The molecule has 0 radical (unpaired) electrons. The Kier molecular flexibility index (Phi) is 6.66. The molecule has 0 saturated heterocycles. The summed E-state index contributed by atoms with van der Waals surface area (Å²) in [6.45, 7) is 3.69. The number of nitrogens with zero attached hydrogens (tertiary/aromatic N) is 4. The number of oxazole rings is 1. The fraction of sp³-hybridized carbons (Fsp3) is 0.231. The van der Waals surface area contributed by atoms with Gasteiger partial charge in [-0.25, -0.2) is 14.4 Å². The van der Waals surface area contributed by atoms with E-state index in [1.54, 1.807) is 13.3 Å². The minimum Gasteiger partial charge on any atom is -0.487 e. The molecule has 1 amide bonds. The summed E-state index contributed by atoms with van der Waals surface area (Å²) in [5, 5.41) is 13.2. The number of halogens is 2. The molecule has 0 fully saturated rings. The van der Waals surface area contributed by atoms with E-state index in [4.69, 9.17) is 25.7 Å². The number of rotatable bonds is 7. The smallest absolute Gasteiger partial charge is 0.273 e. The molecule has 37 heavy (non-hydrogen) atoms. The summed E-state index contributed by atoms with van der Waals surface area (Å²) in [4.78, 5) is 21.1. The first kappa shape index (κ1) is 24.5. The molecule has 2 atom stereocenters. The zero-order chi connectivity index (χ0) is 26.1. The summed E-state index contributed by atoms with van der Waals surface area (Å²) in [5.41, 5.74) is 3.68. The van der Waals surface area contributed by atoms with Gasteiger partial charge in [0.25, 0.3) is 5.91 Å². The lowest BCUT2D eigenvalue weighted by Gasteiger charge is -2.22. The van der Waals surface area contributed by atoms with Crippen molar-refractivity contribution in [3.8, 4) is 5.75 Å². The van der Waals surface area contributed by atoms with Gasteiger partial charge < -0.3 is 19.8 Å². The molecule has 1 aliphatic heterocycles. The van der Waals surface area contributed by atoms with E-state index in [-0.39, 0.29) is 23.5 Å². The second-order valence-electron chi connectivity index (χ2n) is 8.71. The fourth-order valence-corrected chi connectivity index (χ4v) is 4.64. The highest BCUT2D eigenvalue weighted by atomic mass is 35.5. The van der Waals surface area contributed by atoms with Crippen molar-refractivity contribution in [1.29, 1.82) is 0 Å². The van der Waals surface area contributed by atoms with Crippen LogP contribution in [0.2, 0.25) is 5.02 Å². The van der Waals surface area contributed by atoms with Gasteiger partial charge in [0.05, 0.1) is 11.1 Å². The van der Waals surface area contributed by atoms with Gasteiger partial charge in [-0.05, 0) is 43.7 Å². The van der Waals surface area contributed by atoms with Crippen LogP contribution in [0.15, 0.2) is 58.6 Å². The Morgan fingerprint density at radius 2 is 2.19 bits per heavy atom. The highest BCUT2D eigenvalue weighted by Crippen LogP contribution is 2.34. The molecule has 11 heteroatoms. The molecule has 0 spiro atoms.